The average molecular weight is 341 g/mol. The molecule has 0 amide bonds. The summed E-state index contributed by atoms with van der Waals surface area (Å²) >= 11 is 0. The Morgan fingerprint density at radius 2 is 2.00 bits per heavy atom. The van der Waals surface area contributed by atoms with Crippen molar-refractivity contribution in [1.82, 2.24) is 5.32 Å². The van der Waals surface area contributed by atoms with Gasteiger partial charge < -0.3 is 10.1 Å². The van der Waals surface area contributed by atoms with Gasteiger partial charge in [-0.2, -0.15) is 0 Å². The van der Waals surface area contributed by atoms with Crippen molar-refractivity contribution in [3.8, 4) is 0 Å². The van der Waals surface area contributed by atoms with Crippen LogP contribution in [-0.4, -0.2) is 19.2 Å². The Bertz CT molecular complexity index is 713. The van der Waals surface area contributed by atoms with Crippen LogP contribution in [0.25, 0.3) is 0 Å². The Kier molecular flexibility index (Phi) is 5.87. The molecular weight excluding hydrogens is 313 g/mol. The Hall–Kier alpha value is -1.71. The van der Waals surface area contributed by atoms with Gasteiger partial charge in [-0.25, -0.2) is 4.39 Å². The lowest BCUT2D eigenvalue weighted by Crippen LogP contribution is -2.40. The topological polar surface area (TPSA) is 21.3 Å². The first-order valence-corrected chi connectivity index (χ1v) is 9.22. The lowest BCUT2D eigenvalue weighted by atomic mass is 9.86. The molecule has 0 spiro atoms. The predicted octanol–water partition coefficient (Wildman–Crippen LogP) is 4.92. The molecule has 2 aromatic rings. The summed E-state index contributed by atoms with van der Waals surface area (Å²) in [5.74, 6) is 0.580. The van der Waals surface area contributed by atoms with E-state index in [2.05, 4.69) is 43.4 Å². The van der Waals surface area contributed by atoms with E-state index in [1.165, 1.54) is 16.7 Å². The molecule has 1 saturated heterocycles. The molecule has 1 fully saturated rings. The molecule has 2 nitrogen and oxygen atoms in total. The Labute approximate surface area is 150 Å². The highest BCUT2D eigenvalue weighted by atomic mass is 19.1. The zero-order valence-electron chi connectivity index (χ0n) is 15.4. The molecule has 0 aliphatic carbocycles. The predicted molar refractivity (Wildman–Crippen MR) is 100 cm³/mol. The summed E-state index contributed by atoms with van der Waals surface area (Å²) in [5.41, 5.74) is 4.82. The van der Waals surface area contributed by atoms with Crippen molar-refractivity contribution in [3.05, 3.63) is 70.5 Å². The monoisotopic (exact) mass is 341 g/mol. The van der Waals surface area contributed by atoms with E-state index in [4.69, 9.17) is 4.74 Å². The van der Waals surface area contributed by atoms with Crippen LogP contribution in [-0.2, 0) is 11.3 Å². The number of piperidine rings is 1. The zero-order valence-corrected chi connectivity index (χ0v) is 15.4. The summed E-state index contributed by atoms with van der Waals surface area (Å²) in [4.78, 5) is 0. The van der Waals surface area contributed by atoms with Crippen molar-refractivity contribution in [2.45, 2.75) is 51.7 Å². The zero-order chi connectivity index (χ0) is 17.8. The molecule has 0 radical (unpaired) electrons. The smallest absolute Gasteiger partial charge is 0.123 e. The van der Waals surface area contributed by atoms with Crippen LogP contribution < -0.4 is 5.32 Å². The van der Waals surface area contributed by atoms with Crippen molar-refractivity contribution in [1.29, 1.82) is 0 Å². The molecule has 3 heteroatoms. The van der Waals surface area contributed by atoms with Crippen LogP contribution in [0.15, 0.2) is 42.5 Å². The number of halogens is 1. The fraction of sp³-hybridized carbons (Fsp3) is 0.455. The fourth-order valence-corrected chi connectivity index (χ4v) is 3.83. The maximum absolute atomic E-state index is 13.5. The van der Waals surface area contributed by atoms with Gasteiger partial charge in [-0.05, 0) is 60.2 Å². The first-order valence-electron chi connectivity index (χ1n) is 9.22. The molecule has 25 heavy (non-hydrogen) atoms. The minimum atomic E-state index is -0.173. The molecule has 134 valence electrons. The summed E-state index contributed by atoms with van der Waals surface area (Å²) in [5, 5.41) is 3.46. The lowest BCUT2D eigenvalue weighted by molar-refractivity contribution is 0.00640. The normalized spacial score (nSPS) is 20.8. The van der Waals surface area contributed by atoms with Gasteiger partial charge in [0.1, 0.15) is 5.82 Å². The molecule has 1 aliphatic rings. The molecule has 1 aliphatic heterocycles. The molecule has 0 aromatic heterocycles. The first-order chi connectivity index (χ1) is 12.1. The van der Waals surface area contributed by atoms with E-state index in [1.54, 1.807) is 12.1 Å². The highest BCUT2D eigenvalue weighted by Crippen LogP contribution is 2.30. The number of nitrogens with one attached hydrogen (secondary N) is 1. The van der Waals surface area contributed by atoms with Crippen molar-refractivity contribution in [3.63, 3.8) is 0 Å². The average Bonchev–Trinajstić information content (AvgIpc) is 2.60. The van der Waals surface area contributed by atoms with Crippen molar-refractivity contribution in [2.75, 3.05) is 13.1 Å². The summed E-state index contributed by atoms with van der Waals surface area (Å²) in [6.07, 6.45) is 1.14. The summed E-state index contributed by atoms with van der Waals surface area (Å²) in [7, 11) is 0. The van der Waals surface area contributed by atoms with Crippen LogP contribution in [0.5, 0.6) is 0 Å². The Morgan fingerprint density at radius 3 is 2.76 bits per heavy atom. The molecular formula is C22H28FNO. The molecule has 2 aromatic carbocycles. The highest BCUT2D eigenvalue weighted by Gasteiger charge is 2.28. The van der Waals surface area contributed by atoms with E-state index in [1.807, 2.05) is 13.0 Å². The van der Waals surface area contributed by atoms with E-state index in [0.717, 1.165) is 25.1 Å². The van der Waals surface area contributed by atoms with E-state index in [9.17, 15) is 4.39 Å². The summed E-state index contributed by atoms with van der Waals surface area (Å²) in [6, 6.07) is 13.6. The van der Waals surface area contributed by atoms with Gasteiger partial charge in [-0.15, -0.1) is 0 Å². The number of hydrogen-bond donors (Lipinski definition) is 1. The van der Waals surface area contributed by atoms with E-state index >= 15 is 0 Å². The van der Waals surface area contributed by atoms with Gasteiger partial charge in [0.2, 0.25) is 0 Å². The van der Waals surface area contributed by atoms with Crippen LogP contribution in [0.4, 0.5) is 4.39 Å². The first kappa shape index (κ1) is 18.1. The van der Waals surface area contributed by atoms with Gasteiger partial charge in [-0.3, -0.25) is 0 Å². The minimum Gasteiger partial charge on any atom is -0.373 e. The highest BCUT2D eigenvalue weighted by molar-refractivity contribution is 5.32. The SMILES string of the molecule is Cc1cc(F)ccc1C1CNCCC1OCc1ccccc1C(C)C. The van der Waals surface area contributed by atoms with Crippen LogP contribution in [0.1, 0.15) is 54.4 Å². The van der Waals surface area contributed by atoms with E-state index in [-0.39, 0.29) is 17.8 Å². The molecule has 3 rings (SSSR count). The molecule has 0 bridgehead atoms. The quantitative estimate of drug-likeness (QED) is 0.833. The Morgan fingerprint density at radius 1 is 1.20 bits per heavy atom. The summed E-state index contributed by atoms with van der Waals surface area (Å²) < 4.78 is 19.8. The Balaban J connectivity index is 1.76. The molecule has 2 unspecified atom stereocenters. The van der Waals surface area contributed by atoms with Gasteiger partial charge in [0.25, 0.3) is 0 Å². The second-order valence-electron chi connectivity index (χ2n) is 7.30. The van der Waals surface area contributed by atoms with Crippen LogP contribution >= 0.6 is 0 Å². The van der Waals surface area contributed by atoms with Gasteiger partial charge in [0.15, 0.2) is 0 Å². The van der Waals surface area contributed by atoms with Crippen molar-refractivity contribution in [2.24, 2.45) is 0 Å². The number of rotatable bonds is 5. The van der Waals surface area contributed by atoms with Crippen LogP contribution in [0, 0.1) is 12.7 Å². The maximum atomic E-state index is 13.5. The number of ether oxygens (including phenoxy) is 1. The molecule has 1 heterocycles. The second kappa shape index (κ2) is 8.11. The van der Waals surface area contributed by atoms with Crippen molar-refractivity contribution < 1.29 is 9.13 Å². The molecule has 0 saturated carbocycles. The lowest BCUT2D eigenvalue weighted by Gasteiger charge is -2.33. The number of hydrogen-bond acceptors (Lipinski definition) is 2. The summed E-state index contributed by atoms with van der Waals surface area (Å²) in [6.45, 7) is 8.90. The third-order valence-electron chi connectivity index (χ3n) is 5.18. The molecule has 1 N–H and O–H groups in total. The van der Waals surface area contributed by atoms with Gasteiger partial charge in [0, 0.05) is 12.5 Å². The maximum Gasteiger partial charge on any atom is 0.123 e. The minimum absolute atomic E-state index is 0.158. The fourth-order valence-electron chi connectivity index (χ4n) is 3.83. The van der Waals surface area contributed by atoms with Crippen LogP contribution in [0.3, 0.4) is 0 Å². The third kappa shape index (κ3) is 4.28. The largest absolute Gasteiger partial charge is 0.373 e. The van der Waals surface area contributed by atoms with Crippen molar-refractivity contribution >= 4 is 0 Å². The van der Waals surface area contributed by atoms with Gasteiger partial charge in [0.05, 0.1) is 12.7 Å². The van der Waals surface area contributed by atoms with Crippen LogP contribution in [0.2, 0.25) is 0 Å². The van der Waals surface area contributed by atoms with Gasteiger partial charge >= 0.3 is 0 Å². The van der Waals surface area contributed by atoms with E-state index < -0.39 is 0 Å². The second-order valence-corrected chi connectivity index (χ2v) is 7.30. The van der Waals surface area contributed by atoms with Gasteiger partial charge in [-0.1, -0.05) is 44.2 Å². The third-order valence-corrected chi connectivity index (χ3v) is 5.18. The standard InChI is InChI=1S/C22H28FNO/c1-15(2)19-7-5-4-6-17(19)14-25-22-10-11-24-13-21(22)20-9-8-18(23)12-16(20)3/h4-9,12,15,21-22,24H,10-11,13-14H2,1-3H3. The molecule has 2 atom stereocenters. The number of aryl methyl sites for hydroxylation is 1. The number of benzene rings is 2. The van der Waals surface area contributed by atoms with E-state index in [0.29, 0.717) is 12.5 Å².